The molecule has 0 heterocycles. The average Bonchev–Trinajstić information content (AvgIpc) is 2.26. The minimum Gasteiger partial charge on any atom is -0.411 e. The highest BCUT2D eigenvalue weighted by molar-refractivity contribution is 14.1. The molecule has 0 fully saturated rings. The lowest BCUT2D eigenvalue weighted by molar-refractivity contribution is 0.115. The molecule has 6 heteroatoms. The first-order valence-electron chi connectivity index (χ1n) is 8.01. The molecule has 0 aromatic heterocycles. The number of hydrogen-bond acceptors (Lipinski definition) is 2. The van der Waals surface area contributed by atoms with Crippen LogP contribution in [-0.2, 0) is 8.85 Å². The summed E-state index contributed by atoms with van der Waals surface area (Å²) in [6.45, 7) is 20.9. The predicted molar refractivity (Wildman–Crippen MR) is 108 cm³/mol. The molecule has 0 aliphatic heterocycles. The maximum Gasteiger partial charge on any atom is 0.229 e. The summed E-state index contributed by atoms with van der Waals surface area (Å²) in [6.07, 6.45) is 3.43. The molecule has 0 aromatic rings. The minimum atomic E-state index is -1.92. The van der Waals surface area contributed by atoms with Crippen molar-refractivity contribution in [3.63, 3.8) is 0 Å². The lowest BCUT2D eigenvalue weighted by Crippen LogP contribution is -2.61. The molecule has 2 atom stereocenters. The summed E-state index contributed by atoms with van der Waals surface area (Å²) >= 11 is 2.55. The van der Waals surface area contributed by atoms with Crippen LogP contribution < -0.4 is 0 Å². The van der Waals surface area contributed by atoms with Gasteiger partial charge >= 0.3 is 0 Å². The van der Waals surface area contributed by atoms with E-state index in [1.165, 1.54) is 12.8 Å². The third kappa shape index (κ3) is 5.49. The van der Waals surface area contributed by atoms with Gasteiger partial charge in [0.15, 0.2) is 9.04 Å². The van der Waals surface area contributed by atoms with Crippen molar-refractivity contribution in [3.8, 4) is 0 Å². The molecule has 2 nitrogen and oxygen atoms in total. The Labute approximate surface area is 145 Å². The van der Waals surface area contributed by atoms with Gasteiger partial charge in [-0.15, -0.1) is 0 Å². The molecule has 0 radical (unpaired) electrons. The monoisotopic (exact) mass is 446 g/mol. The van der Waals surface area contributed by atoms with Crippen molar-refractivity contribution in [1.29, 1.82) is 0 Å². The fourth-order valence-corrected chi connectivity index (χ4v) is 12.2. The zero-order valence-electron chi connectivity index (χ0n) is 15.0. The Morgan fingerprint density at radius 3 is 1.90 bits per heavy atom. The van der Waals surface area contributed by atoms with Gasteiger partial charge in [0.1, 0.15) is 3.23 Å². The smallest absolute Gasteiger partial charge is 0.229 e. The first kappa shape index (κ1) is 21.3. The van der Waals surface area contributed by atoms with Crippen LogP contribution in [0.4, 0.5) is 0 Å². The van der Waals surface area contributed by atoms with Crippen molar-refractivity contribution >= 4 is 48.7 Å². The normalized spacial score (nSPS) is 19.2. The van der Waals surface area contributed by atoms with Gasteiger partial charge < -0.3 is 8.85 Å². The average molecular weight is 447 g/mol. The van der Waals surface area contributed by atoms with Crippen molar-refractivity contribution in [2.45, 2.75) is 87.8 Å². The Kier molecular flexibility index (Phi) is 8.77. The number of halogens is 1. The predicted octanol–water partition coefficient (Wildman–Crippen LogP) is 4.87. The largest absolute Gasteiger partial charge is 0.411 e. The zero-order chi connectivity index (χ0) is 16.2. The molecule has 0 bridgehead atoms. The maximum atomic E-state index is 6.87. The van der Waals surface area contributed by atoms with Crippen LogP contribution in [0.3, 0.4) is 0 Å². The number of alkyl halides is 1. The van der Waals surface area contributed by atoms with Crippen LogP contribution in [0.25, 0.3) is 0 Å². The van der Waals surface area contributed by atoms with E-state index in [2.05, 4.69) is 82.6 Å². The van der Waals surface area contributed by atoms with Gasteiger partial charge in [0.05, 0.1) is 8.80 Å². The van der Waals surface area contributed by atoms with E-state index < -0.39 is 26.2 Å². The van der Waals surface area contributed by atoms with Gasteiger partial charge in [-0.1, -0.05) is 33.4 Å². The lowest BCUT2D eigenvalue weighted by Gasteiger charge is -2.48. The van der Waals surface area contributed by atoms with Gasteiger partial charge in [-0.05, 0) is 68.5 Å². The highest BCUT2D eigenvalue weighted by Gasteiger charge is 2.50. The molecule has 122 valence electrons. The molecule has 0 aliphatic rings. The topological polar surface area (TPSA) is 18.5 Å². The van der Waals surface area contributed by atoms with E-state index in [1.54, 1.807) is 0 Å². The van der Waals surface area contributed by atoms with Crippen LogP contribution in [0.15, 0.2) is 0 Å². The molecule has 0 aliphatic carbocycles. The summed E-state index contributed by atoms with van der Waals surface area (Å²) in [5.74, 6) is 0. The Bertz CT molecular complexity index is 300. The Hall–Kier alpha value is 1.30. The van der Waals surface area contributed by atoms with Crippen LogP contribution in [0, 0.1) is 0 Å². The maximum absolute atomic E-state index is 6.87. The van der Waals surface area contributed by atoms with Crippen molar-refractivity contribution in [3.05, 3.63) is 0 Å². The first-order chi connectivity index (χ1) is 8.94. The number of rotatable bonds is 9. The summed E-state index contributed by atoms with van der Waals surface area (Å²) in [5.41, 5.74) is 0. The third-order valence-electron chi connectivity index (χ3n) is 4.23. The highest BCUT2D eigenvalue weighted by atomic mass is 127. The van der Waals surface area contributed by atoms with Gasteiger partial charge in [0, 0.05) is 5.22 Å². The van der Waals surface area contributed by atoms with Crippen LogP contribution in [0.1, 0.15) is 40.0 Å². The third-order valence-corrected chi connectivity index (χ3v) is 17.1. The molecule has 0 spiro atoms. The summed E-state index contributed by atoms with van der Waals surface area (Å²) < 4.78 is 13.2. The molecule has 2 unspecified atom stereocenters. The van der Waals surface area contributed by atoms with Crippen LogP contribution >= 0.6 is 22.6 Å². The van der Waals surface area contributed by atoms with Crippen molar-refractivity contribution in [2.24, 2.45) is 0 Å². The second-order valence-corrected chi connectivity index (χ2v) is 19.7. The van der Waals surface area contributed by atoms with E-state index in [-0.39, 0.29) is 8.46 Å². The van der Waals surface area contributed by atoms with Crippen LogP contribution in [0.2, 0.25) is 39.3 Å². The number of hydrogen-bond donors (Lipinski definition) is 0. The SMILES string of the molecule is CCCC(C)(O[Si](C)(C)C(I)(CC)O[SiH](C)C)[SiH](C)C. The standard InChI is InChI=1S/C14H35IO2Si3/c1-10-12-13(3,18(4)5)17-20(8,9)14(15,11-2)16-19(6)7/h18-19H,10-12H2,1-9H3. The Morgan fingerprint density at radius 1 is 1.10 bits per heavy atom. The van der Waals surface area contributed by atoms with Crippen molar-refractivity contribution in [2.75, 3.05) is 0 Å². The quantitative estimate of drug-likeness (QED) is 0.286. The summed E-state index contributed by atoms with van der Waals surface area (Å²) in [5, 5.41) is 0.109. The van der Waals surface area contributed by atoms with Crippen molar-refractivity contribution in [1.82, 2.24) is 0 Å². The lowest BCUT2D eigenvalue weighted by atomic mass is 10.2. The molecular weight excluding hydrogens is 411 g/mol. The molecule has 0 amide bonds. The minimum absolute atomic E-state index is 0.0799. The van der Waals surface area contributed by atoms with Gasteiger partial charge in [0.25, 0.3) is 0 Å². The highest BCUT2D eigenvalue weighted by Crippen LogP contribution is 2.40. The molecule has 0 aromatic carbocycles. The fraction of sp³-hybridized carbons (Fsp3) is 1.00. The molecule has 20 heavy (non-hydrogen) atoms. The fourth-order valence-electron chi connectivity index (χ4n) is 2.64. The van der Waals surface area contributed by atoms with Gasteiger partial charge in [-0.2, -0.15) is 0 Å². The Morgan fingerprint density at radius 2 is 1.60 bits per heavy atom. The van der Waals surface area contributed by atoms with Gasteiger partial charge in [-0.3, -0.25) is 0 Å². The van der Waals surface area contributed by atoms with Crippen LogP contribution in [0.5, 0.6) is 0 Å². The molecule has 0 N–H and O–H groups in total. The molecular formula is C14H35IO2Si3. The zero-order valence-corrected chi connectivity index (χ0v) is 20.4. The second-order valence-electron chi connectivity index (χ2n) is 7.08. The van der Waals surface area contributed by atoms with E-state index in [0.717, 1.165) is 6.42 Å². The van der Waals surface area contributed by atoms with Crippen molar-refractivity contribution < 1.29 is 8.85 Å². The molecule has 0 rings (SSSR count). The molecule has 0 saturated carbocycles. The van der Waals surface area contributed by atoms with E-state index in [9.17, 15) is 0 Å². The second kappa shape index (κ2) is 8.24. The van der Waals surface area contributed by atoms with E-state index in [1.807, 2.05) is 0 Å². The Balaban J connectivity index is 5.27. The summed E-state index contributed by atoms with van der Waals surface area (Å²) in [4.78, 5) is 0. The van der Waals surface area contributed by atoms with Gasteiger partial charge in [0.2, 0.25) is 8.32 Å². The van der Waals surface area contributed by atoms with Gasteiger partial charge in [-0.25, -0.2) is 0 Å². The summed E-state index contributed by atoms with van der Waals surface area (Å²) in [6, 6.07) is 0. The first-order valence-corrected chi connectivity index (χ1v) is 17.7. The summed E-state index contributed by atoms with van der Waals surface area (Å²) in [7, 11) is -3.86. The van der Waals surface area contributed by atoms with E-state index >= 15 is 0 Å². The van der Waals surface area contributed by atoms with E-state index in [0.29, 0.717) is 0 Å². The van der Waals surface area contributed by atoms with E-state index in [4.69, 9.17) is 8.85 Å². The molecule has 0 saturated heterocycles. The van der Waals surface area contributed by atoms with Crippen LogP contribution in [-0.4, -0.2) is 34.6 Å².